The van der Waals surface area contributed by atoms with E-state index in [2.05, 4.69) is 12.2 Å². The Hall–Kier alpha value is -1.06. The maximum Gasteiger partial charge on any atom is 0.119 e. The van der Waals surface area contributed by atoms with Gasteiger partial charge in [-0.05, 0) is 31.2 Å². The van der Waals surface area contributed by atoms with Crippen LogP contribution in [0.2, 0.25) is 0 Å². The van der Waals surface area contributed by atoms with Crippen molar-refractivity contribution in [2.24, 2.45) is 0 Å². The molecule has 1 unspecified atom stereocenters. The minimum absolute atomic E-state index is 0.472. The van der Waals surface area contributed by atoms with Gasteiger partial charge in [0.05, 0.1) is 12.7 Å². The molecule has 1 aromatic carbocycles. The van der Waals surface area contributed by atoms with Crippen LogP contribution in [0.5, 0.6) is 5.75 Å². The van der Waals surface area contributed by atoms with E-state index in [0.717, 1.165) is 17.7 Å². The second kappa shape index (κ2) is 6.43. The highest BCUT2D eigenvalue weighted by Crippen LogP contribution is 2.18. The second-order valence-electron chi connectivity index (χ2n) is 3.49. The van der Waals surface area contributed by atoms with Gasteiger partial charge in [0.25, 0.3) is 0 Å². The largest absolute Gasteiger partial charge is 0.494 e. The average Bonchev–Trinajstić information content (AvgIpc) is 2.27. The Morgan fingerprint density at radius 3 is 2.93 bits per heavy atom. The van der Waals surface area contributed by atoms with Crippen LogP contribution in [0, 0.1) is 0 Å². The molecule has 1 aromatic rings. The predicted molar refractivity (Wildman–Crippen MR) is 61.1 cm³/mol. The molecular formula is C12H19NO2. The summed E-state index contributed by atoms with van der Waals surface area (Å²) in [5, 5.41) is 12.7. The van der Waals surface area contributed by atoms with Crippen LogP contribution >= 0.6 is 0 Å². The average molecular weight is 209 g/mol. The highest BCUT2D eigenvalue weighted by atomic mass is 16.5. The van der Waals surface area contributed by atoms with E-state index in [1.807, 2.05) is 31.3 Å². The van der Waals surface area contributed by atoms with Gasteiger partial charge in [0, 0.05) is 6.54 Å². The molecule has 0 spiro atoms. The first-order valence-electron chi connectivity index (χ1n) is 5.33. The maximum absolute atomic E-state index is 9.75. The van der Waals surface area contributed by atoms with Crippen LogP contribution in [-0.4, -0.2) is 25.3 Å². The number of benzene rings is 1. The fourth-order valence-electron chi connectivity index (χ4n) is 1.34. The molecule has 0 radical (unpaired) electrons. The quantitative estimate of drug-likeness (QED) is 0.749. The van der Waals surface area contributed by atoms with Crippen LogP contribution in [0.15, 0.2) is 24.3 Å². The molecule has 0 fully saturated rings. The molecule has 3 nitrogen and oxygen atoms in total. The van der Waals surface area contributed by atoms with Crippen molar-refractivity contribution in [1.82, 2.24) is 5.32 Å². The Morgan fingerprint density at radius 1 is 1.47 bits per heavy atom. The molecule has 0 aromatic heterocycles. The first-order valence-corrected chi connectivity index (χ1v) is 5.33. The summed E-state index contributed by atoms with van der Waals surface area (Å²) in [5.74, 6) is 0.824. The fraction of sp³-hybridized carbons (Fsp3) is 0.500. The molecule has 0 bridgehead atoms. The Morgan fingerprint density at radius 2 is 2.27 bits per heavy atom. The van der Waals surface area contributed by atoms with Crippen molar-refractivity contribution in [3.05, 3.63) is 29.8 Å². The van der Waals surface area contributed by atoms with E-state index in [4.69, 9.17) is 4.74 Å². The molecule has 84 valence electrons. The summed E-state index contributed by atoms with van der Waals surface area (Å²) in [6, 6.07) is 7.60. The smallest absolute Gasteiger partial charge is 0.119 e. The van der Waals surface area contributed by atoms with Gasteiger partial charge in [-0.3, -0.25) is 0 Å². The Bertz CT molecular complexity index is 289. The van der Waals surface area contributed by atoms with Crippen LogP contribution in [-0.2, 0) is 0 Å². The van der Waals surface area contributed by atoms with Gasteiger partial charge in [0.1, 0.15) is 5.75 Å². The summed E-state index contributed by atoms with van der Waals surface area (Å²) in [7, 11) is 1.82. The minimum atomic E-state index is -0.472. The Kier molecular flexibility index (Phi) is 5.15. The number of hydrogen-bond acceptors (Lipinski definition) is 3. The van der Waals surface area contributed by atoms with E-state index in [1.54, 1.807) is 0 Å². The van der Waals surface area contributed by atoms with Crippen molar-refractivity contribution < 1.29 is 9.84 Å². The summed E-state index contributed by atoms with van der Waals surface area (Å²) in [4.78, 5) is 0. The van der Waals surface area contributed by atoms with E-state index in [1.165, 1.54) is 0 Å². The van der Waals surface area contributed by atoms with E-state index in [0.29, 0.717) is 13.2 Å². The third-order valence-corrected chi connectivity index (χ3v) is 2.11. The van der Waals surface area contributed by atoms with Crippen molar-refractivity contribution in [3.63, 3.8) is 0 Å². The molecule has 0 aliphatic rings. The molecule has 1 atom stereocenters. The number of likely N-dealkylation sites (N-methyl/N-ethyl adjacent to an activating group) is 1. The molecule has 15 heavy (non-hydrogen) atoms. The van der Waals surface area contributed by atoms with Crippen LogP contribution in [0.1, 0.15) is 25.0 Å². The zero-order chi connectivity index (χ0) is 11.1. The lowest BCUT2D eigenvalue weighted by molar-refractivity contribution is 0.177. The molecular weight excluding hydrogens is 190 g/mol. The van der Waals surface area contributed by atoms with Gasteiger partial charge in [0.2, 0.25) is 0 Å². The summed E-state index contributed by atoms with van der Waals surface area (Å²) in [5.41, 5.74) is 0.887. The van der Waals surface area contributed by atoms with Crippen molar-refractivity contribution in [2.45, 2.75) is 19.4 Å². The van der Waals surface area contributed by atoms with Crippen molar-refractivity contribution in [1.29, 1.82) is 0 Å². The Balaban J connectivity index is 2.64. The van der Waals surface area contributed by atoms with Gasteiger partial charge in [-0.25, -0.2) is 0 Å². The third kappa shape index (κ3) is 3.90. The monoisotopic (exact) mass is 209 g/mol. The zero-order valence-corrected chi connectivity index (χ0v) is 9.36. The first-order chi connectivity index (χ1) is 7.27. The van der Waals surface area contributed by atoms with E-state index in [-0.39, 0.29) is 0 Å². The van der Waals surface area contributed by atoms with E-state index >= 15 is 0 Å². The van der Waals surface area contributed by atoms with Crippen molar-refractivity contribution >= 4 is 0 Å². The molecule has 1 rings (SSSR count). The summed E-state index contributed by atoms with van der Waals surface area (Å²) < 4.78 is 5.49. The number of ether oxygens (including phenoxy) is 1. The number of nitrogens with one attached hydrogen (secondary N) is 1. The highest BCUT2D eigenvalue weighted by molar-refractivity contribution is 5.30. The molecule has 0 aliphatic carbocycles. The van der Waals surface area contributed by atoms with Gasteiger partial charge < -0.3 is 15.2 Å². The SMILES string of the molecule is CCCOc1cccc(C(O)CNC)c1. The van der Waals surface area contributed by atoms with Gasteiger partial charge >= 0.3 is 0 Å². The topological polar surface area (TPSA) is 41.5 Å². The molecule has 0 aliphatic heterocycles. The summed E-state index contributed by atoms with van der Waals surface area (Å²) in [6.07, 6.45) is 0.517. The second-order valence-corrected chi connectivity index (χ2v) is 3.49. The van der Waals surface area contributed by atoms with Gasteiger partial charge in [0.15, 0.2) is 0 Å². The van der Waals surface area contributed by atoms with Crippen LogP contribution in [0.3, 0.4) is 0 Å². The zero-order valence-electron chi connectivity index (χ0n) is 9.36. The van der Waals surface area contributed by atoms with Crippen molar-refractivity contribution in [3.8, 4) is 5.75 Å². The number of hydrogen-bond donors (Lipinski definition) is 2. The minimum Gasteiger partial charge on any atom is -0.494 e. The first kappa shape index (κ1) is 12.0. The number of rotatable bonds is 6. The van der Waals surface area contributed by atoms with E-state index < -0.39 is 6.10 Å². The summed E-state index contributed by atoms with van der Waals surface area (Å²) >= 11 is 0. The number of aliphatic hydroxyl groups excluding tert-OH is 1. The third-order valence-electron chi connectivity index (χ3n) is 2.11. The highest BCUT2D eigenvalue weighted by Gasteiger charge is 2.06. The maximum atomic E-state index is 9.75. The standard InChI is InChI=1S/C12H19NO2/c1-3-7-15-11-6-4-5-10(8-11)12(14)9-13-2/h4-6,8,12-14H,3,7,9H2,1-2H3. The molecule has 0 saturated heterocycles. The molecule has 0 saturated carbocycles. The van der Waals surface area contributed by atoms with Crippen LogP contribution < -0.4 is 10.1 Å². The van der Waals surface area contributed by atoms with Crippen LogP contribution in [0.4, 0.5) is 0 Å². The molecule has 3 heteroatoms. The molecule has 2 N–H and O–H groups in total. The lowest BCUT2D eigenvalue weighted by Gasteiger charge is -2.12. The van der Waals surface area contributed by atoms with Gasteiger partial charge in [-0.1, -0.05) is 19.1 Å². The lowest BCUT2D eigenvalue weighted by atomic mass is 10.1. The number of aliphatic hydroxyl groups is 1. The fourth-order valence-corrected chi connectivity index (χ4v) is 1.34. The molecule has 0 heterocycles. The van der Waals surface area contributed by atoms with Gasteiger partial charge in [-0.15, -0.1) is 0 Å². The normalized spacial score (nSPS) is 12.5. The van der Waals surface area contributed by atoms with E-state index in [9.17, 15) is 5.11 Å². The predicted octanol–water partition coefficient (Wildman–Crippen LogP) is 1.73. The Labute approximate surface area is 91.1 Å². The van der Waals surface area contributed by atoms with Crippen molar-refractivity contribution in [2.75, 3.05) is 20.2 Å². The molecule has 0 amide bonds. The lowest BCUT2D eigenvalue weighted by Crippen LogP contribution is -2.16. The van der Waals surface area contributed by atoms with Gasteiger partial charge in [-0.2, -0.15) is 0 Å². The van der Waals surface area contributed by atoms with Crippen LogP contribution in [0.25, 0.3) is 0 Å². The summed E-state index contributed by atoms with van der Waals surface area (Å²) in [6.45, 7) is 3.34.